The molecular formula is C15H22ClN3O. The van der Waals surface area contributed by atoms with Gasteiger partial charge in [0.05, 0.1) is 5.56 Å². The Morgan fingerprint density at radius 3 is 3.00 bits per heavy atom. The van der Waals surface area contributed by atoms with Crippen LogP contribution in [-0.4, -0.2) is 43.5 Å². The van der Waals surface area contributed by atoms with E-state index in [0.29, 0.717) is 23.2 Å². The number of likely N-dealkylation sites (tertiary alicyclic amines) is 1. The number of rotatable bonds is 5. The topological polar surface area (TPSA) is 44.4 Å². The van der Waals surface area contributed by atoms with E-state index < -0.39 is 0 Å². The van der Waals surface area contributed by atoms with Crippen molar-refractivity contribution in [3.05, 3.63) is 28.8 Å². The predicted molar refractivity (Wildman–Crippen MR) is 83.6 cm³/mol. The Balaban J connectivity index is 2.00. The summed E-state index contributed by atoms with van der Waals surface area (Å²) >= 11 is 5.97. The number of hydrogen-bond donors (Lipinski definition) is 2. The minimum Gasteiger partial charge on any atom is -0.387 e. The first-order chi connectivity index (χ1) is 9.65. The van der Waals surface area contributed by atoms with Crippen LogP contribution in [0, 0.1) is 0 Å². The summed E-state index contributed by atoms with van der Waals surface area (Å²) in [6, 6.07) is 5.77. The molecule has 1 aromatic rings. The van der Waals surface area contributed by atoms with E-state index in [0.717, 1.165) is 25.2 Å². The van der Waals surface area contributed by atoms with Crippen molar-refractivity contribution in [3.8, 4) is 0 Å². The van der Waals surface area contributed by atoms with Crippen LogP contribution in [0.25, 0.3) is 0 Å². The third kappa shape index (κ3) is 3.44. The van der Waals surface area contributed by atoms with Gasteiger partial charge in [0.1, 0.15) is 0 Å². The molecule has 4 nitrogen and oxygen atoms in total. The smallest absolute Gasteiger partial charge is 0.253 e. The zero-order chi connectivity index (χ0) is 14.5. The van der Waals surface area contributed by atoms with Gasteiger partial charge in [-0.15, -0.1) is 0 Å². The van der Waals surface area contributed by atoms with E-state index in [1.54, 1.807) is 19.2 Å². The number of carbonyl (C=O) groups excluding carboxylic acids is 1. The Hall–Kier alpha value is -1.26. The summed E-state index contributed by atoms with van der Waals surface area (Å²) in [4.78, 5) is 14.7. The van der Waals surface area contributed by atoms with Gasteiger partial charge in [0, 0.05) is 30.3 Å². The summed E-state index contributed by atoms with van der Waals surface area (Å²) in [5.41, 5.74) is 1.40. The lowest BCUT2D eigenvalue weighted by Crippen LogP contribution is -2.40. The molecule has 1 saturated heterocycles. The van der Waals surface area contributed by atoms with Gasteiger partial charge in [-0.2, -0.15) is 0 Å². The minimum atomic E-state index is -0.0696. The lowest BCUT2D eigenvalue weighted by atomic mass is 10.1. The van der Waals surface area contributed by atoms with Gasteiger partial charge < -0.3 is 10.6 Å². The quantitative estimate of drug-likeness (QED) is 0.877. The molecule has 110 valence electrons. The van der Waals surface area contributed by atoms with Crippen molar-refractivity contribution in [1.29, 1.82) is 0 Å². The van der Waals surface area contributed by atoms with Crippen LogP contribution in [0.4, 0.5) is 5.69 Å². The van der Waals surface area contributed by atoms with Gasteiger partial charge >= 0.3 is 0 Å². The Kier molecular flexibility index (Phi) is 5.26. The van der Waals surface area contributed by atoms with Crippen molar-refractivity contribution in [3.63, 3.8) is 0 Å². The van der Waals surface area contributed by atoms with Gasteiger partial charge in [0.15, 0.2) is 0 Å². The largest absolute Gasteiger partial charge is 0.387 e. The van der Waals surface area contributed by atoms with Gasteiger partial charge in [-0.05, 0) is 44.1 Å². The van der Waals surface area contributed by atoms with Crippen molar-refractivity contribution in [2.75, 3.05) is 32.0 Å². The first-order valence-corrected chi connectivity index (χ1v) is 7.53. The molecule has 0 radical (unpaired) electrons. The van der Waals surface area contributed by atoms with Crippen LogP contribution in [0.5, 0.6) is 0 Å². The molecule has 1 fully saturated rings. The molecule has 5 heteroatoms. The molecule has 0 saturated carbocycles. The van der Waals surface area contributed by atoms with Crippen LogP contribution >= 0.6 is 11.6 Å². The van der Waals surface area contributed by atoms with Gasteiger partial charge in [-0.3, -0.25) is 9.69 Å². The first kappa shape index (κ1) is 15.1. The maximum Gasteiger partial charge on any atom is 0.253 e. The molecule has 0 aliphatic carbocycles. The van der Waals surface area contributed by atoms with Crippen LogP contribution in [-0.2, 0) is 0 Å². The predicted octanol–water partition coefficient (Wildman–Crippen LogP) is 2.60. The van der Waals surface area contributed by atoms with Crippen LogP contribution < -0.4 is 10.6 Å². The summed E-state index contributed by atoms with van der Waals surface area (Å²) in [6.45, 7) is 5.04. The molecule has 1 aliphatic rings. The number of benzene rings is 1. The summed E-state index contributed by atoms with van der Waals surface area (Å²) in [5, 5.41) is 6.62. The van der Waals surface area contributed by atoms with Crippen molar-refractivity contribution in [2.45, 2.75) is 25.8 Å². The average molecular weight is 296 g/mol. The number of halogens is 1. The summed E-state index contributed by atoms with van der Waals surface area (Å²) in [5.74, 6) is -0.0696. The second-order valence-corrected chi connectivity index (χ2v) is 5.51. The van der Waals surface area contributed by atoms with E-state index in [9.17, 15) is 4.79 Å². The van der Waals surface area contributed by atoms with E-state index in [-0.39, 0.29) is 5.91 Å². The van der Waals surface area contributed by atoms with E-state index in [1.165, 1.54) is 6.42 Å². The highest BCUT2D eigenvalue weighted by Gasteiger charge is 2.23. The molecule has 2 N–H and O–H groups in total. The lowest BCUT2D eigenvalue weighted by Gasteiger charge is -2.23. The Morgan fingerprint density at radius 2 is 2.30 bits per heavy atom. The van der Waals surface area contributed by atoms with E-state index in [2.05, 4.69) is 22.5 Å². The van der Waals surface area contributed by atoms with Crippen molar-refractivity contribution < 1.29 is 4.79 Å². The standard InChI is InChI=1S/C15H22ClN3O/c1-3-19-8-4-5-12(19)10-18-15(20)13-9-11(16)6-7-14(13)17-2/h6-7,9,12,17H,3-5,8,10H2,1-2H3,(H,18,20). The van der Waals surface area contributed by atoms with Crippen molar-refractivity contribution in [2.24, 2.45) is 0 Å². The van der Waals surface area contributed by atoms with Crippen LogP contribution in [0.1, 0.15) is 30.1 Å². The fourth-order valence-electron chi connectivity index (χ4n) is 2.77. The van der Waals surface area contributed by atoms with Crippen molar-refractivity contribution in [1.82, 2.24) is 10.2 Å². The second kappa shape index (κ2) is 6.95. The number of amides is 1. The van der Waals surface area contributed by atoms with Gasteiger partial charge in [0.2, 0.25) is 0 Å². The van der Waals surface area contributed by atoms with Gasteiger partial charge in [-0.1, -0.05) is 18.5 Å². The molecule has 0 spiro atoms. The molecular weight excluding hydrogens is 274 g/mol. The van der Waals surface area contributed by atoms with Gasteiger partial charge in [-0.25, -0.2) is 0 Å². The number of carbonyl (C=O) groups is 1. The molecule has 2 rings (SSSR count). The zero-order valence-electron chi connectivity index (χ0n) is 12.1. The monoisotopic (exact) mass is 295 g/mol. The third-order valence-electron chi connectivity index (χ3n) is 3.90. The molecule has 1 aliphatic heterocycles. The Bertz CT molecular complexity index is 478. The highest BCUT2D eigenvalue weighted by atomic mass is 35.5. The van der Waals surface area contributed by atoms with Crippen LogP contribution in [0.3, 0.4) is 0 Å². The fraction of sp³-hybridized carbons (Fsp3) is 0.533. The second-order valence-electron chi connectivity index (χ2n) is 5.07. The van der Waals surface area contributed by atoms with E-state index >= 15 is 0 Å². The third-order valence-corrected chi connectivity index (χ3v) is 4.13. The highest BCUT2D eigenvalue weighted by Crippen LogP contribution is 2.21. The maximum atomic E-state index is 12.3. The Morgan fingerprint density at radius 1 is 1.50 bits per heavy atom. The number of hydrogen-bond acceptors (Lipinski definition) is 3. The molecule has 1 aromatic carbocycles. The number of nitrogens with zero attached hydrogens (tertiary/aromatic N) is 1. The fourth-order valence-corrected chi connectivity index (χ4v) is 2.94. The normalized spacial score (nSPS) is 19.1. The van der Waals surface area contributed by atoms with E-state index in [1.807, 2.05) is 6.07 Å². The highest BCUT2D eigenvalue weighted by molar-refractivity contribution is 6.31. The first-order valence-electron chi connectivity index (χ1n) is 7.15. The van der Waals surface area contributed by atoms with Crippen LogP contribution in [0.15, 0.2) is 18.2 Å². The molecule has 1 heterocycles. The lowest BCUT2D eigenvalue weighted by molar-refractivity contribution is 0.0942. The maximum absolute atomic E-state index is 12.3. The number of likely N-dealkylation sites (N-methyl/N-ethyl adjacent to an activating group) is 1. The average Bonchev–Trinajstić information content (AvgIpc) is 2.92. The molecule has 0 aromatic heterocycles. The number of anilines is 1. The molecule has 20 heavy (non-hydrogen) atoms. The SMILES string of the molecule is CCN1CCCC1CNC(=O)c1cc(Cl)ccc1NC. The van der Waals surface area contributed by atoms with Crippen LogP contribution in [0.2, 0.25) is 5.02 Å². The molecule has 0 bridgehead atoms. The van der Waals surface area contributed by atoms with E-state index in [4.69, 9.17) is 11.6 Å². The molecule has 1 unspecified atom stereocenters. The minimum absolute atomic E-state index is 0.0696. The number of nitrogens with one attached hydrogen (secondary N) is 2. The summed E-state index contributed by atoms with van der Waals surface area (Å²) < 4.78 is 0. The molecule has 1 amide bonds. The Labute approximate surface area is 125 Å². The molecule has 1 atom stereocenters. The van der Waals surface area contributed by atoms with Gasteiger partial charge in [0.25, 0.3) is 5.91 Å². The summed E-state index contributed by atoms with van der Waals surface area (Å²) in [7, 11) is 1.80. The summed E-state index contributed by atoms with van der Waals surface area (Å²) in [6.07, 6.45) is 2.37. The van der Waals surface area contributed by atoms with Crippen molar-refractivity contribution >= 4 is 23.2 Å². The zero-order valence-corrected chi connectivity index (χ0v) is 12.8.